The maximum atomic E-state index is 12.2. The van der Waals surface area contributed by atoms with Crippen LogP contribution < -0.4 is 51.4 Å². The van der Waals surface area contributed by atoms with Crippen LogP contribution in [0.3, 0.4) is 0 Å². The molecule has 15 aromatic rings. The van der Waals surface area contributed by atoms with Crippen LogP contribution in [0, 0.1) is 0 Å². The second-order valence-electron chi connectivity index (χ2n) is 20.5. The molecule has 7 aromatic heterocycles. The van der Waals surface area contributed by atoms with Gasteiger partial charge >= 0.3 is 42.0 Å². The van der Waals surface area contributed by atoms with Gasteiger partial charge in [0.1, 0.15) is 68.3 Å². The Labute approximate surface area is 508 Å². The van der Waals surface area contributed by atoms with E-state index in [1.807, 2.05) is 24.3 Å². The first-order valence-electron chi connectivity index (χ1n) is 27.2. The fourth-order valence-electron chi connectivity index (χ4n) is 10.8. The Bertz CT molecular complexity index is 5630. The van der Waals surface area contributed by atoms with Crippen LogP contribution in [0.4, 0.5) is 0 Å². The van der Waals surface area contributed by atoms with Gasteiger partial charge < -0.3 is 66.5 Å². The van der Waals surface area contributed by atoms with Gasteiger partial charge in [-0.25, -0.2) is 29.1 Å². The van der Waals surface area contributed by atoms with Crippen molar-refractivity contribution >= 4 is 88.0 Å². The summed E-state index contributed by atoms with van der Waals surface area (Å²) >= 11 is 0. The van der Waals surface area contributed by atoms with Crippen molar-refractivity contribution in [3.63, 3.8) is 0 Å². The molecule has 17 rings (SSSR count). The first-order valence-corrected chi connectivity index (χ1v) is 27.2. The summed E-state index contributed by atoms with van der Waals surface area (Å²) in [5.74, 6) is 4.23. The smallest absolute Gasteiger partial charge is 0.457 e. The van der Waals surface area contributed by atoms with Crippen molar-refractivity contribution in [1.29, 1.82) is 0 Å². The molecule has 9 heterocycles. The van der Waals surface area contributed by atoms with Crippen molar-refractivity contribution in [3.05, 3.63) is 236 Å². The summed E-state index contributed by atoms with van der Waals surface area (Å²) in [5.41, 5.74) is 2.63. The Hall–Kier alpha value is -12.2. The molecule has 0 saturated carbocycles. The molecule has 418 valence electrons. The number of fused-ring (bicyclic) bond motifs is 24. The van der Waals surface area contributed by atoms with Crippen LogP contribution in [-0.2, 0) is 19.5 Å². The van der Waals surface area contributed by atoms with Crippen molar-refractivity contribution in [2.75, 3.05) is 0 Å². The number of hydrogen-bond acceptors (Lipinski definition) is 18. The molecule has 20 nitrogen and oxygen atoms in total. The Kier molecular flexibility index (Phi) is 12.1. The largest absolute Gasteiger partial charge is 2.00 e. The molecule has 0 aliphatic carbocycles. The number of hydrogen-bond donors (Lipinski definition) is 0. The second kappa shape index (κ2) is 20.5. The van der Waals surface area contributed by atoms with E-state index in [1.165, 1.54) is 24.3 Å². The topological polar surface area (TPSA) is 263 Å². The molecule has 2 aliphatic rings. The Morgan fingerprint density at radius 3 is 0.854 bits per heavy atom. The number of aromatic nitrogens is 8. The molecule has 0 radical (unpaired) electrons. The van der Waals surface area contributed by atoms with Gasteiger partial charge in [0.25, 0.3) is 0 Å². The minimum Gasteiger partial charge on any atom is -0.457 e. The van der Waals surface area contributed by atoms with E-state index < -0.39 is 22.5 Å². The molecule has 89 heavy (non-hydrogen) atoms. The number of ether oxygens (including phenoxy) is 4. The summed E-state index contributed by atoms with van der Waals surface area (Å²) in [6, 6.07) is 54.5. The molecule has 2 aliphatic heterocycles. The van der Waals surface area contributed by atoms with Gasteiger partial charge in [-0.15, -0.1) is 0 Å². The Morgan fingerprint density at radius 1 is 0.258 bits per heavy atom. The zero-order valence-corrected chi connectivity index (χ0v) is 48.6. The summed E-state index contributed by atoms with van der Waals surface area (Å²) < 4.78 is 47.6. The number of rotatable bonds is 8. The van der Waals surface area contributed by atoms with Crippen LogP contribution in [-0.4, -0.2) is 29.9 Å². The quantitative estimate of drug-likeness (QED) is 0.101. The molecule has 0 atom stereocenters. The first kappa shape index (κ1) is 52.3. The predicted octanol–water partition coefficient (Wildman–Crippen LogP) is 13.7. The molecule has 0 spiro atoms. The molecule has 0 unspecified atom stereocenters. The molecule has 8 aromatic carbocycles. The summed E-state index contributed by atoms with van der Waals surface area (Å²) in [6.45, 7) is 0. The van der Waals surface area contributed by atoms with Crippen molar-refractivity contribution in [3.8, 4) is 91.5 Å². The molecular formula is C68H32N8O12Zn. The van der Waals surface area contributed by atoms with Gasteiger partial charge in [0.2, 0.25) is 0 Å². The van der Waals surface area contributed by atoms with Crippen LogP contribution in [0.1, 0.15) is 0 Å². The van der Waals surface area contributed by atoms with E-state index in [2.05, 4.69) is 0 Å². The fraction of sp³-hybridized carbons (Fsp3) is 0. The van der Waals surface area contributed by atoms with Gasteiger partial charge in [-0.1, -0.05) is 0 Å². The summed E-state index contributed by atoms with van der Waals surface area (Å²) in [4.78, 5) is 89.9. The molecule has 0 amide bonds. The van der Waals surface area contributed by atoms with Gasteiger partial charge in [-0.2, -0.15) is 0 Å². The molecular weight excluding hydrogens is 1190 g/mol. The first-order chi connectivity index (χ1) is 43.0. The zero-order valence-electron chi connectivity index (χ0n) is 45.7. The number of nitrogens with zero attached hydrogens (tertiary/aromatic N) is 8. The van der Waals surface area contributed by atoms with Crippen molar-refractivity contribution in [2.45, 2.75) is 0 Å². The van der Waals surface area contributed by atoms with E-state index >= 15 is 0 Å². The van der Waals surface area contributed by atoms with E-state index in [0.717, 1.165) is 21.5 Å². The van der Waals surface area contributed by atoms with Crippen molar-refractivity contribution in [1.82, 2.24) is 39.9 Å². The zero-order chi connectivity index (χ0) is 58.7. The van der Waals surface area contributed by atoms with E-state index in [0.29, 0.717) is 112 Å². The van der Waals surface area contributed by atoms with Gasteiger partial charge in [-0.3, -0.25) is 0 Å². The van der Waals surface area contributed by atoms with E-state index in [1.54, 1.807) is 146 Å². The van der Waals surface area contributed by atoms with Gasteiger partial charge in [-0.05, 0) is 167 Å². The molecule has 0 N–H and O–H groups in total. The van der Waals surface area contributed by atoms with Gasteiger partial charge in [0.05, 0.1) is 23.3 Å². The Balaban J connectivity index is 0.00000636. The van der Waals surface area contributed by atoms with Crippen LogP contribution in [0.5, 0.6) is 46.0 Å². The Morgan fingerprint density at radius 2 is 0.517 bits per heavy atom. The normalized spacial score (nSPS) is 11.7. The maximum Gasteiger partial charge on any atom is 2.00 e. The van der Waals surface area contributed by atoms with Gasteiger partial charge in [0, 0.05) is 115 Å². The van der Waals surface area contributed by atoms with E-state index in [-0.39, 0.29) is 65.4 Å². The van der Waals surface area contributed by atoms with Crippen LogP contribution in [0.15, 0.2) is 231 Å². The summed E-state index contributed by atoms with van der Waals surface area (Å²) in [5, 5.41) is 5.12. The average Bonchev–Trinajstić information content (AvgIpc) is 2.28. The average molecular weight is 1220 g/mol. The minimum atomic E-state index is -0.494. The standard InChI is InChI=1S/C68H32N8O12.Zn/c77-57-21-5-33-1-9-41(29-53(33)85-57)81-37-13-17-45-49(25-37)65-71-61(45)69-62-47-19-15-39(83-43-11-3-35-7-23-59(79)87-55(35)31-43)27-51(47)67(73-62)76-68-52-28-40(84-44-12-4-36-8-24-60(80)88-56(36)32-44)16-20-48(52)64(74-68)70-63-46-18-14-38(26-50(46)66(72-63)75-65)82-42-10-2-34-6-22-58(78)86-54(34)30-42;/h1-32H;/q-2;+2. The molecule has 21 heteroatoms. The van der Waals surface area contributed by atoms with Crippen LogP contribution in [0.25, 0.3) is 134 Å². The fourth-order valence-corrected chi connectivity index (χ4v) is 10.8. The third kappa shape index (κ3) is 9.56. The monoisotopic (exact) mass is 1220 g/mol. The maximum absolute atomic E-state index is 12.2. The minimum absolute atomic E-state index is 0. The molecule has 0 fully saturated rings. The van der Waals surface area contributed by atoms with Crippen LogP contribution in [0.2, 0.25) is 0 Å². The molecule has 0 saturated heterocycles. The van der Waals surface area contributed by atoms with E-state index in [4.69, 9.17) is 76.5 Å². The second-order valence-corrected chi connectivity index (χ2v) is 20.5. The molecule has 8 bridgehead atoms. The predicted molar refractivity (Wildman–Crippen MR) is 324 cm³/mol. The summed E-state index contributed by atoms with van der Waals surface area (Å²) in [7, 11) is 0. The third-order valence-corrected chi connectivity index (χ3v) is 14.9. The summed E-state index contributed by atoms with van der Waals surface area (Å²) in [6.07, 6.45) is 0. The SMILES string of the molecule is O=c1ccc2ccc(Oc3ccc4c(c3)-c3nc-4nc4[n-]c(nc5nc(nc6[n-]c(n3)c3cc(Oc7ccc8ccc(=O)oc8c7)ccc63)-c3ccc(Oc6ccc7ccc(=O)oc7c6)cc3-5)c3cc(Oc5ccc6ccc(=O)oc6c5)ccc43)cc2o1.[Zn+2]. The third-order valence-electron chi connectivity index (χ3n) is 14.9. The van der Waals surface area contributed by atoms with Crippen molar-refractivity contribution in [2.24, 2.45) is 0 Å². The van der Waals surface area contributed by atoms with E-state index in [9.17, 15) is 19.2 Å². The number of benzene rings is 8. The van der Waals surface area contributed by atoms with Gasteiger partial charge in [0.15, 0.2) is 0 Å². The van der Waals surface area contributed by atoms with Crippen molar-refractivity contribution < 1.29 is 56.1 Å². The van der Waals surface area contributed by atoms with Crippen LogP contribution >= 0.6 is 0 Å².